The summed E-state index contributed by atoms with van der Waals surface area (Å²) in [6.07, 6.45) is 0.874. The van der Waals surface area contributed by atoms with Gasteiger partial charge in [0.2, 0.25) is 5.91 Å². The van der Waals surface area contributed by atoms with Gasteiger partial charge >= 0.3 is 0 Å². The van der Waals surface area contributed by atoms with Crippen LogP contribution in [0.4, 0.5) is 0 Å². The Bertz CT molecular complexity index is 799. The Balaban J connectivity index is 0.00000196. The summed E-state index contributed by atoms with van der Waals surface area (Å²) >= 11 is 12.1. The molecule has 0 spiro atoms. The summed E-state index contributed by atoms with van der Waals surface area (Å²) in [5.74, 6) is 0.713. The molecular weight excluding hydrogens is 391 g/mol. The summed E-state index contributed by atoms with van der Waals surface area (Å²) in [7, 11) is 0. The number of hydrogen-bond donors (Lipinski definition) is 1. The molecule has 2 aliphatic rings. The normalized spacial score (nSPS) is 27.1. The van der Waals surface area contributed by atoms with Gasteiger partial charge in [-0.25, -0.2) is 0 Å². The van der Waals surface area contributed by atoms with Gasteiger partial charge in [0.25, 0.3) is 0 Å². The number of amides is 1. The quantitative estimate of drug-likeness (QED) is 0.810. The maximum Gasteiger partial charge on any atom is 0.226 e. The number of rotatable bonds is 3. The number of carbonyl (C=O) groups excluding carboxylic acids is 1. The van der Waals surface area contributed by atoms with Gasteiger partial charge in [-0.3, -0.25) is 4.79 Å². The Hall–Kier alpha value is -1.26. The van der Waals surface area contributed by atoms with Crippen LogP contribution in [-0.4, -0.2) is 29.9 Å². The van der Waals surface area contributed by atoms with Crippen molar-refractivity contribution in [3.63, 3.8) is 0 Å². The van der Waals surface area contributed by atoms with Crippen molar-refractivity contribution in [3.05, 3.63) is 69.7 Å². The number of hydrogen-bond acceptors (Lipinski definition) is 2. The van der Waals surface area contributed by atoms with Gasteiger partial charge in [-0.1, -0.05) is 59.6 Å². The van der Waals surface area contributed by atoms with Gasteiger partial charge in [-0.15, -0.1) is 12.4 Å². The zero-order valence-corrected chi connectivity index (χ0v) is 16.5. The third kappa shape index (κ3) is 3.72. The van der Waals surface area contributed by atoms with Crippen molar-refractivity contribution >= 4 is 41.5 Å². The second-order valence-electron chi connectivity index (χ2n) is 7.05. The van der Waals surface area contributed by atoms with E-state index in [1.165, 1.54) is 5.56 Å². The van der Waals surface area contributed by atoms with Gasteiger partial charge in [0.1, 0.15) is 0 Å². The summed E-state index contributed by atoms with van der Waals surface area (Å²) < 4.78 is 0. The lowest BCUT2D eigenvalue weighted by molar-refractivity contribution is -0.131. The molecule has 1 saturated heterocycles. The molecule has 0 aromatic heterocycles. The van der Waals surface area contributed by atoms with E-state index in [0.29, 0.717) is 23.1 Å². The molecule has 3 nitrogen and oxygen atoms in total. The molecule has 0 radical (unpaired) electrons. The predicted molar refractivity (Wildman–Crippen MR) is 108 cm³/mol. The zero-order valence-electron chi connectivity index (χ0n) is 14.1. The summed E-state index contributed by atoms with van der Waals surface area (Å²) in [6.45, 7) is 1.33. The van der Waals surface area contributed by atoms with Crippen molar-refractivity contribution in [2.24, 2.45) is 11.7 Å². The van der Waals surface area contributed by atoms with Crippen LogP contribution in [0.3, 0.4) is 0 Å². The molecule has 0 bridgehead atoms. The van der Waals surface area contributed by atoms with Crippen LogP contribution in [0, 0.1) is 5.92 Å². The number of likely N-dealkylation sites (tertiary alicyclic amines) is 1. The van der Waals surface area contributed by atoms with Crippen LogP contribution in [0.15, 0.2) is 48.5 Å². The Kier molecular flexibility index (Phi) is 5.83. The largest absolute Gasteiger partial charge is 0.340 e. The Morgan fingerprint density at radius 3 is 2.38 bits per heavy atom. The highest BCUT2D eigenvalue weighted by Crippen LogP contribution is 2.50. The molecular formula is C20H21Cl3N2O. The van der Waals surface area contributed by atoms with Crippen LogP contribution in [-0.2, 0) is 4.79 Å². The Labute approximate surface area is 169 Å². The first-order chi connectivity index (χ1) is 12.0. The summed E-state index contributed by atoms with van der Waals surface area (Å²) in [6, 6.07) is 15.9. The summed E-state index contributed by atoms with van der Waals surface area (Å²) in [5.41, 5.74) is 8.62. The maximum atomic E-state index is 12.9. The van der Waals surface area contributed by atoms with Crippen LogP contribution in [0.25, 0.3) is 0 Å². The van der Waals surface area contributed by atoms with E-state index in [1.807, 2.05) is 35.2 Å². The van der Waals surface area contributed by atoms with Gasteiger partial charge in [0.05, 0.1) is 10.0 Å². The second kappa shape index (κ2) is 7.77. The molecule has 1 aliphatic heterocycles. The van der Waals surface area contributed by atoms with Crippen LogP contribution >= 0.6 is 35.6 Å². The first kappa shape index (κ1) is 19.5. The number of benzene rings is 2. The number of halogens is 3. The molecule has 26 heavy (non-hydrogen) atoms. The molecule has 2 unspecified atom stereocenters. The average molecular weight is 412 g/mol. The molecule has 2 aromatic rings. The van der Waals surface area contributed by atoms with E-state index in [-0.39, 0.29) is 42.1 Å². The molecule has 2 fully saturated rings. The molecule has 1 heterocycles. The summed E-state index contributed by atoms with van der Waals surface area (Å²) in [5, 5.41) is 1.09. The average Bonchev–Trinajstić information content (AvgIpc) is 3.32. The molecule has 4 atom stereocenters. The van der Waals surface area contributed by atoms with Crippen molar-refractivity contribution in [1.29, 1.82) is 0 Å². The van der Waals surface area contributed by atoms with Crippen molar-refractivity contribution in [2.45, 2.75) is 24.3 Å². The molecule has 4 rings (SSSR count). The van der Waals surface area contributed by atoms with E-state index in [2.05, 4.69) is 12.1 Å². The smallest absolute Gasteiger partial charge is 0.226 e. The standard InChI is InChI=1S/C20H20Cl2N2O.ClH/c21-17-7-6-13(8-18(17)22)14-9-15(14)20(25)24-10-16(19(23)11-24)12-4-2-1-3-5-12;/h1-8,14-16,19H,9-11,23H2;1H/t14?,15?,16-,19+;/m0./s1. The maximum absolute atomic E-state index is 12.9. The molecule has 1 aliphatic carbocycles. The molecule has 2 N–H and O–H groups in total. The highest BCUT2D eigenvalue weighted by molar-refractivity contribution is 6.42. The van der Waals surface area contributed by atoms with E-state index in [1.54, 1.807) is 6.07 Å². The minimum Gasteiger partial charge on any atom is -0.340 e. The molecule has 1 amide bonds. The van der Waals surface area contributed by atoms with Crippen LogP contribution in [0.2, 0.25) is 10.0 Å². The van der Waals surface area contributed by atoms with Gasteiger partial charge < -0.3 is 10.6 Å². The van der Waals surface area contributed by atoms with Crippen molar-refractivity contribution in [1.82, 2.24) is 4.90 Å². The number of carbonyl (C=O) groups is 1. The Morgan fingerprint density at radius 1 is 0.962 bits per heavy atom. The van der Waals surface area contributed by atoms with E-state index < -0.39 is 0 Å². The third-order valence-electron chi connectivity index (χ3n) is 5.38. The predicted octanol–water partition coefficient (Wildman–Crippen LogP) is 4.47. The highest BCUT2D eigenvalue weighted by atomic mass is 35.5. The fraction of sp³-hybridized carbons (Fsp3) is 0.350. The molecule has 1 saturated carbocycles. The van der Waals surface area contributed by atoms with Crippen molar-refractivity contribution < 1.29 is 4.79 Å². The van der Waals surface area contributed by atoms with Crippen molar-refractivity contribution in [2.75, 3.05) is 13.1 Å². The van der Waals surface area contributed by atoms with Gasteiger partial charge in [0.15, 0.2) is 0 Å². The van der Waals surface area contributed by atoms with Crippen LogP contribution in [0.1, 0.15) is 29.4 Å². The fourth-order valence-electron chi connectivity index (χ4n) is 3.88. The topological polar surface area (TPSA) is 46.3 Å². The lowest BCUT2D eigenvalue weighted by Gasteiger charge is -2.16. The van der Waals surface area contributed by atoms with Gasteiger partial charge in [0, 0.05) is 31.0 Å². The molecule has 6 heteroatoms. The number of nitrogens with zero attached hydrogens (tertiary/aromatic N) is 1. The van der Waals surface area contributed by atoms with E-state index in [4.69, 9.17) is 28.9 Å². The Morgan fingerprint density at radius 2 is 1.69 bits per heavy atom. The lowest BCUT2D eigenvalue weighted by Crippen LogP contribution is -2.33. The van der Waals surface area contributed by atoms with Crippen molar-refractivity contribution in [3.8, 4) is 0 Å². The van der Waals surface area contributed by atoms with Crippen LogP contribution < -0.4 is 5.73 Å². The highest BCUT2D eigenvalue weighted by Gasteiger charge is 2.48. The first-order valence-electron chi connectivity index (χ1n) is 8.59. The van der Waals surface area contributed by atoms with E-state index in [9.17, 15) is 4.79 Å². The number of nitrogens with two attached hydrogens (primary N) is 1. The molecule has 2 aromatic carbocycles. The van der Waals surface area contributed by atoms with E-state index in [0.717, 1.165) is 12.0 Å². The molecule has 138 valence electrons. The lowest BCUT2D eigenvalue weighted by atomic mass is 9.95. The van der Waals surface area contributed by atoms with E-state index >= 15 is 0 Å². The third-order valence-corrected chi connectivity index (χ3v) is 6.12. The SMILES string of the molecule is Cl.N[C@@H]1CN(C(=O)C2CC2c2ccc(Cl)c(Cl)c2)C[C@H]1c1ccccc1. The second-order valence-corrected chi connectivity index (χ2v) is 7.86. The zero-order chi connectivity index (χ0) is 17.6. The van der Waals surface area contributed by atoms with Gasteiger partial charge in [-0.2, -0.15) is 0 Å². The summed E-state index contributed by atoms with van der Waals surface area (Å²) in [4.78, 5) is 14.8. The first-order valence-corrected chi connectivity index (χ1v) is 9.34. The monoisotopic (exact) mass is 410 g/mol. The minimum atomic E-state index is -0.00599. The van der Waals surface area contributed by atoms with Gasteiger partial charge in [-0.05, 0) is 35.6 Å². The minimum absolute atomic E-state index is 0. The fourth-order valence-corrected chi connectivity index (χ4v) is 4.18. The van der Waals surface area contributed by atoms with Crippen LogP contribution in [0.5, 0.6) is 0 Å².